The van der Waals surface area contributed by atoms with Gasteiger partial charge in [0.2, 0.25) is 0 Å². The molecule has 0 radical (unpaired) electrons. The molecule has 9 heteroatoms. The van der Waals surface area contributed by atoms with Crippen LogP contribution in [-0.4, -0.2) is 82.3 Å². The number of carbonyl (C=O) groups excluding carboxylic acids is 3. The lowest BCUT2D eigenvalue weighted by molar-refractivity contribution is -0.870. The zero-order valence-electron chi connectivity index (χ0n) is 36.1. The molecule has 0 aromatic carbocycles. The minimum Gasteiger partial charge on any atom is -0.545 e. The minimum atomic E-state index is -1.61. The summed E-state index contributed by atoms with van der Waals surface area (Å²) in [5, 5.41) is 11.7. The molecule has 0 N–H and O–H groups in total. The van der Waals surface area contributed by atoms with Crippen LogP contribution in [0.25, 0.3) is 0 Å². The van der Waals surface area contributed by atoms with Crippen LogP contribution in [0.4, 0.5) is 0 Å². The highest BCUT2D eigenvalue weighted by molar-refractivity contribution is 5.70. The lowest BCUT2D eigenvalue weighted by Gasteiger charge is -2.26. The maximum absolute atomic E-state index is 12.7. The Bertz CT molecular complexity index is 861. The molecule has 0 aromatic rings. The highest BCUT2D eigenvalue weighted by Crippen LogP contribution is 2.16. The van der Waals surface area contributed by atoms with Crippen molar-refractivity contribution >= 4 is 17.9 Å². The monoisotopic (exact) mass is 770 g/mol. The molecule has 0 heterocycles. The van der Waals surface area contributed by atoms with Crippen molar-refractivity contribution in [2.24, 2.45) is 0 Å². The molecular formula is C45H87NO8. The van der Waals surface area contributed by atoms with Gasteiger partial charge in [0.15, 0.2) is 12.4 Å². The summed E-state index contributed by atoms with van der Waals surface area (Å²) in [6.45, 7) is 4.77. The number of hydrogen-bond donors (Lipinski definition) is 0. The summed E-state index contributed by atoms with van der Waals surface area (Å²) in [6.07, 6.45) is 34.1. The zero-order chi connectivity index (χ0) is 40.0. The average Bonchev–Trinajstić information content (AvgIpc) is 3.12. The fourth-order valence-corrected chi connectivity index (χ4v) is 6.54. The van der Waals surface area contributed by atoms with E-state index in [9.17, 15) is 19.5 Å². The van der Waals surface area contributed by atoms with Crippen LogP contribution in [-0.2, 0) is 33.3 Å². The third-order valence-electron chi connectivity index (χ3n) is 10.1. The number of quaternary nitrogens is 1. The Morgan fingerprint density at radius 1 is 0.481 bits per heavy atom. The smallest absolute Gasteiger partial charge is 0.306 e. The number of likely N-dealkylation sites (N-methyl/N-ethyl adjacent to an activating group) is 1. The lowest BCUT2D eigenvalue weighted by atomic mass is 10.0. The summed E-state index contributed by atoms with van der Waals surface area (Å²) >= 11 is 0. The van der Waals surface area contributed by atoms with Gasteiger partial charge >= 0.3 is 11.9 Å². The molecule has 0 saturated carbocycles. The molecule has 54 heavy (non-hydrogen) atoms. The summed E-state index contributed by atoms with van der Waals surface area (Å²) in [7, 11) is 5.91. The van der Waals surface area contributed by atoms with E-state index in [0.717, 1.165) is 38.5 Å². The first-order valence-corrected chi connectivity index (χ1v) is 22.7. The van der Waals surface area contributed by atoms with Crippen LogP contribution < -0.4 is 5.11 Å². The van der Waals surface area contributed by atoms with Crippen molar-refractivity contribution in [1.29, 1.82) is 0 Å². The highest BCUT2D eigenvalue weighted by Gasteiger charge is 2.21. The quantitative estimate of drug-likeness (QED) is 0.0261. The molecule has 0 bridgehead atoms. The Labute approximate surface area is 332 Å². The lowest BCUT2D eigenvalue weighted by Crippen LogP contribution is -2.44. The standard InChI is InChI=1S/C45H87NO8/c1-6-8-10-12-14-16-18-20-21-22-23-24-26-28-30-32-34-36-43(48)54-41(40-53-45(44(49)50)51-38-37-46(3,4)5)39-52-42(47)35-33-31-29-27-25-19-17-15-13-11-9-7-2/h41,45H,6-40H2,1-5H3. The van der Waals surface area contributed by atoms with Crippen molar-refractivity contribution in [2.75, 3.05) is 47.5 Å². The molecule has 0 aromatic heterocycles. The van der Waals surface area contributed by atoms with Crippen LogP contribution in [0.5, 0.6) is 0 Å². The second-order valence-electron chi connectivity index (χ2n) is 16.7. The van der Waals surface area contributed by atoms with Crippen molar-refractivity contribution < 1.29 is 42.9 Å². The van der Waals surface area contributed by atoms with E-state index in [2.05, 4.69) is 13.8 Å². The van der Waals surface area contributed by atoms with Gasteiger partial charge in [-0.1, -0.05) is 187 Å². The number of rotatable bonds is 42. The Hall–Kier alpha value is -1.71. The number of carboxylic acids is 1. The van der Waals surface area contributed by atoms with E-state index in [0.29, 0.717) is 17.4 Å². The number of nitrogens with zero attached hydrogens (tertiary/aromatic N) is 1. The summed E-state index contributed by atoms with van der Waals surface area (Å²) < 4.78 is 22.5. The SMILES string of the molecule is CCCCCCCCCCCCCCCCCCCC(=O)OC(COC(=O)CCCCCCCCCCCCCC)COC(OCC[N+](C)(C)C)C(=O)[O-]. The van der Waals surface area contributed by atoms with E-state index in [1.807, 2.05) is 21.1 Å². The number of esters is 2. The van der Waals surface area contributed by atoms with Crippen LogP contribution in [0, 0.1) is 0 Å². The van der Waals surface area contributed by atoms with Crippen molar-refractivity contribution in [3.8, 4) is 0 Å². The third kappa shape index (κ3) is 38.6. The number of ether oxygens (including phenoxy) is 4. The van der Waals surface area contributed by atoms with E-state index in [-0.39, 0.29) is 32.2 Å². The average molecular weight is 770 g/mol. The zero-order valence-corrected chi connectivity index (χ0v) is 36.1. The highest BCUT2D eigenvalue weighted by atomic mass is 16.7. The fraction of sp³-hybridized carbons (Fsp3) is 0.933. The molecule has 0 fully saturated rings. The van der Waals surface area contributed by atoms with Crippen molar-refractivity contribution in [3.63, 3.8) is 0 Å². The Morgan fingerprint density at radius 2 is 0.833 bits per heavy atom. The van der Waals surface area contributed by atoms with Crippen LogP contribution >= 0.6 is 0 Å². The maximum atomic E-state index is 12.7. The Balaban J connectivity index is 4.38. The molecule has 2 atom stereocenters. The largest absolute Gasteiger partial charge is 0.545 e. The molecule has 0 aliphatic rings. The van der Waals surface area contributed by atoms with Crippen LogP contribution in [0.3, 0.4) is 0 Å². The van der Waals surface area contributed by atoms with Gasteiger partial charge in [0.1, 0.15) is 13.2 Å². The molecule has 0 saturated heterocycles. The van der Waals surface area contributed by atoms with Crippen molar-refractivity contribution in [2.45, 2.75) is 225 Å². The number of unbranched alkanes of at least 4 members (excludes halogenated alkanes) is 27. The van der Waals surface area contributed by atoms with Gasteiger partial charge in [0.25, 0.3) is 0 Å². The van der Waals surface area contributed by atoms with Crippen molar-refractivity contribution in [1.82, 2.24) is 0 Å². The number of carboxylic acid groups (broad SMARTS) is 1. The summed E-state index contributed by atoms with van der Waals surface area (Å²) in [6, 6.07) is 0. The molecule has 0 rings (SSSR count). The Morgan fingerprint density at radius 3 is 1.19 bits per heavy atom. The topological polar surface area (TPSA) is 111 Å². The van der Waals surface area contributed by atoms with Crippen LogP contribution in [0.1, 0.15) is 213 Å². The molecule has 0 amide bonds. The van der Waals surface area contributed by atoms with Gasteiger partial charge in [0.05, 0.1) is 40.3 Å². The predicted octanol–water partition coefficient (Wildman–Crippen LogP) is 10.4. The molecule has 320 valence electrons. The van der Waals surface area contributed by atoms with Crippen LogP contribution in [0.15, 0.2) is 0 Å². The molecular weight excluding hydrogens is 682 g/mol. The third-order valence-corrected chi connectivity index (χ3v) is 10.1. The van der Waals surface area contributed by atoms with Gasteiger partial charge in [-0.05, 0) is 12.8 Å². The minimum absolute atomic E-state index is 0.153. The van der Waals surface area contributed by atoms with Crippen LogP contribution in [0.2, 0.25) is 0 Å². The molecule has 0 aliphatic heterocycles. The number of aliphatic carboxylic acids is 1. The molecule has 0 aliphatic carbocycles. The van der Waals surface area contributed by atoms with E-state index in [1.54, 1.807) is 0 Å². The van der Waals surface area contributed by atoms with Gasteiger partial charge in [0, 0.05) is 12.8 Å². The first-order valence-electron chi connectivity index (χ1n) is 22.7. The second-order valence-corrected chi connectivity index (χ2v) is 16.7. The van der Waals surface area contributed by atoms with E-state index in [1.165, 1.54) is 148 Å². The molecule has 2 unspecified atom stereocenters. The van der Waals surface area contributed by atoms with E-state index >= 15 is 0 Å². The maximum Gasteiger partial charge on any atom is 0.306 e. The first kappa shape index (κ1) is 52.3. The first-order chi connectivity index (χ1) is 26.1. The Kier molecular flexibility index (Phi) is 37.0. The molecule has 9 nitrogen and oxygen atoms in total. The summed E-state index contributed by atoms with van der Waals surface area (Å²) in [4.78, 5) is 36.9. The van der Waals surface area contributed by atoms with Gasteiger partial charge in [-0.2, -0.15) is 0 Å². The number of carbonyl (C=O) groups is 3. The van der Waals surface area contributed by atoms with Crippen molar-refractivity contribution in [3.05, 3.63) is 0 Å². The second kappa shape index (κ2) is 38.2. The molecule has 0 spiro atoms. The fourth-order valence-electron chi connectivity index (χ4n) is 6.54. The number of hydrogen-bond acceptors (Lipinski definition) is 8. The van der Waals surface area contributed by atoms with Gasteiger partial charge in [-0.25, -0.2) is 0 Å². The normalized spacial score (nSPS) is 12.8. The van der Waals surface area contributed by atoms with Gasteiger partial charge < -0.3 is 33.3 Å². The van der Waals surface area contributed by atoms with E-state index in [4.69, 9.17) is 18.9 Å². The summed E-state index contributed by atoms with van der Waals surface area (Å²) in [5.74, 6) is -2.27. The van der Waals surface area contributed by atoms with E-state index < -0.39 is 24.3 Å². The summed E-state index contributed by atoms with van der Waals surface area (Å²) in [5.41, 5.74) is 0. The van der Waals surface area contributed by atoms with Gasteiger partial charge in [-0.3, -0.25) is 9.59 Å². The predicted molar refractivity (Wildman–Crippen MR) is 219 cm³/mol. The van der Waals surface area contributed by atoms with Gasteiger partial charge in [-0.15, -0.1) is 0 Å².